The monoisotopic (exact) mass is 412 g/mol. The number of fused-ring (bicyclic) bond motifs is 1. The van der Waals surface area contributed by atoms with Crippen LogP contribution in [0.25, 0.3) is 10.9 Å². The number of hydrogen-bond acceptors (Lipinski definition) is 5. The summed E-state index contributed by atoms with van der Waals surface area (Å²) in [5.41, 5.74) is 3.51. The average molecular weight is 412 g/mol. The van der Waals surface area contributed by atoms with Gasteiger partial charge in [-0.3, -0.25) is 4.79 Å². The zero-order valence-electron chi connectivity index (χ0n) is 17.8. The van der Waals surface area contributed by atoms with E-state index in [1.165, 1.54) is 0 Å². The van der Waals surface area contributed by atoms with Crippen LogP contribution >= 0.6 is 0 Å². The number of aryl methyl sites for hydroxylation is 1. The van der Waals surface area contributed by atoms with Crippen molar-refractivity contribution in [3.05, 3.63) is 89.7 Å². The molecule has 6 nitrogen and oxygen atoms in total. The Labute approximate surface area is 181 Å². The van der Waals surface area contributed by atoms with Gasteiger partial charge in [0.25, 0.3) is 5.91 Å². The molecule has 1 heterocycles. The van der Waals surface area contributed by atoms with Gasteiger partial charge >= 0.3 is 0 Å². The van der Waals surface area contributed by atoms with Gasteiger partial charge in [0.1, 0.15) is 24.0 Å². The molecule has 0 aliphatic heterocycles. The number of anilines is 2. The molecule has 0 atom stereocenters. The van der Waals surface area contributed by atoms with Crippen molar-refractivity contribution in [1.82, 2.24) is 15.3 Å². The quantitative estimate of drug-likeness (QED) is 0.500. The Hall–Kier alpha value is -3.93. The fourth-order valence-electron chi connectivity index (χ4n) is 3.40. The van der Waals surface area contributed by atoms with E-state index < -0.39 is 0 Å². The average Bonchev–Trinajstić information content (AvgIpc) is 2.81. The predicted molar refractivity (Wildman–Crippen MR) is 123 cm³/mol. The predicted octanol–water partition coefficient (Wildman–Crippen LogP) is 4.64. The molecule has 0 spiro atoms. The molecule has 0 saturated heterocycles. The molecule has 0 bridgehead atoms. The molecular weight excluding hydrogens is 388 g/mol. The number of para-hydroxylation sites is 1. The van der Waals surface area contributed by atoms with Gasteiger partial charge < -0.3 is 15.0 Å². The van der Waals surface area contributed by atoms with Crippen LogP contribution < -0.4 is 15.0 Å². The number of carbonyl (C=O) groups is 1. The lowest BCUT2D eigenvalue weighted by atomic mass is 10.1. The maximum Gasteiger partial charge on any atom is 0.251 e. The number of ether oxygens (including phenoxy) is 1. The molecule has 31 heavy (non-hydrogen) atoms. The highest BCUT2D eigenvalue weighted by Gasteiger charge is 2.12. The van der Waals surface area contributed by atoms with Crippen LogP contribution in [-0.4, -0.2) is 30.0 Å². The summed E-state index contributed by atoms with van der Waals surface area (Å²) >= 11 is 0. The molecule has 4 rings (SSSR count). The summed E-state index contributed by atoms with van der Waals surface area (Å²) < 4.78 is 6.00. The Bertz CT molecular complexity index is 1220. The van der Waals surface area contributed by atoms with Crippen LogP contribution in [0.15, 0.2) is 72.8 Å². The van der Waals surface area contributed by atoms with E-state index >= 15 is 0 Å². The molecule has 3 aromatic carbocycles. The van der Waals surface area contributed by atoms with E-state index in [1.807, 2.05) is 79.5 Å². The first-order valence-electron chi connectivity index (χ1n) is 10.1. The van der Waals surface area contributed by atoms with E-state index in [2.05, 4.69) is 15.3 Å². The molecule has 6 heteroatoms. The van der Waals surface area contributed by atoms with Crippen molar-refractivity contribution in [3.63, 3.8) is 0 Å². The minimum Gasteiger partial charge on any atom is -0.489 e. The molecule has 1 amide bonds. The Morgan fingerprint density at radius 2 is 1.77 bits per heavy atom. The van der Waals surface area contributed by atoms with Crippen LogP contribution in [0.3, 0.4) is 0 Å². The summed E-state index contributed by atoms with van der Waals surface area (Å²) in [6.07, 6.45) is 0. The second-order valence-electron chi connectivity index (χ2n) is 7.23. The van der Waals surface area contributed by atoms with Gasteiger partial charge in [-0.2, -0.15) is 0 Å². The SMILES string of the molecule is CNC(=O)c1ccc(COc2cccc(N(C)c3nc(C)nc4ccccc34)c2)cc1. The van der Waals surface area contributed by atoms with E-state index in [0.717, 1.165) is 39.5 Å². The minimum absolute atomic E-state index is 0.101. The topological polar surface area (TPSA) is 67.3 Å². The van der Waals surface area contributed by atoms with E-state index in [0.29, 0.717) is 12.2 Å². The van der Waals surface area contributed by atoms with Crippen molar-refractivity contribution in [2.45, 2.75) is 13.5 Å². The Morgan fingerprint density at radius 3 is 2.55 bits per heavy atom. The van der Waals surface area contributed by atoms with E-state index in [1.54, 1.807) is 19.2 Å². The molecule has 0 aliphatic rings. The van der Waals surface area contributed by atoms with E-state index in [9.17, 15) is 4.79 Å². The zero-order valence-corrected chi connectivity index (χ0v) is 17.8. The molecule has 0 unspecified atom stereocenters. The summed E-state index contributed by atoms with van der Waals surface area (Å²) in [5.74, 6) is 2.24. The van der Waals surface area contributed by atoms with Gasteiger partial charge in [-0.1, -0.05) is 30.3 Å². The lowest BCUT2D eigenvalue weighted by Crippen LogP contribution is -2.17. The van der Waals surface area contributed by atoms with Gasteiger partial charge in [0.15, 0.2) is 0 Å². The summed E-state index contributed by atoms with van der Waals surface area (Å²) in [4.78, 5) is 22.9. The summed E-state index contributed by atoms with van der Waals surface area (Å²) in [6, 6.07) is 23.3. The van der Waals surface area contributed by atoms with Crippen LogP contribution in [0, 0.1) is 6.92 Å². The van der Waals surface area contributed by atoms with E-state index in [4.69, 9.17) is 4.74 Å². The molecule has 1 aromatic heterocycles. The number of hydrogen-bond donors (Lipinski definition) is 1. The molecule has 0 fully saturated rings. The number of aromatic nitrogens is 2. The van der Waals surface area contributed by atoms with Crippen LogP contribution in [0.1, 0.15) is 21.7 Å². The Morgan fingerprint density at radius 1 is 1.00 bits per heavy atom. The first kappa shape index (κ1) is 20.3. The Balaban J connectivity index is 1.53. The second kappa shape index (κ2) is 8.83. The zero-order chi connectivity index (χ0) is 21.8. The second-order valence-corrected chi connectivity index (χ2v) is 7.23. The van der Waals surface area contributed by atoms with Crippen LogP contribution in [-0.2, 0) is 6.61 Å². The van der Waals surface area contributed by atoms with Gasteiger partial charge in [-0.15, -0.1) is 0 Å². The van der Waals surface area contributed by atoms with Crippen molar-refractivity contribution in [1.29, 1.82) is 0 Å². The maximum absolute atomic E-state index is 11.7. The molecule has 1 N–H and O–H groups in total. The van der Waals surface area contributed by atoms with Crippen LogP contribution in [0.4, 0.5) is 11.5 Å². The lowest BCUT2D eigenvalue weighted by Gasteiger charge is -2.21. The van der Waals surface area contributed by atoms with Gasteiger partial charge in [0.2, 0.25) is 0 Å². The van der Waals surface area contributed by atoms with Crippen molar-refractivity contribution in [3.8, 4) is 5.75 Å². The number of nitrogens with one attached hydrogen (secondary N) is 1. The minimum atomic E-state index is -0.101. The summed E-state index contributed by atoms with van der Waals surface area (Å²) in [6.45, 7) is 2.31. The number of nitrogens with zero attached hydrogens (tertiary/aromatic N) is 3. The van der Waals surface area contributed by atoms with Gasteiger partial charge in [0, 0.05) is 36.8 Å². The smallest absolute Gasteiger partial charge is 0.251 e. The highest BCUT2D eigenvalue weighted by Crippen LogP contribution is 2.30. The van der Waals surface area contributed by atoms with Crippen molar-refractivity contribution in [2.75, 3.05) is 19.0 Å². The number of benzene rings is 3. The van der Waals surface area contributed by atoms with Crippen molar-refractivity contribution in [2.24, 2.45) is 0 Å². The molecule has 0 saturated carbocycles. The Kier molecular flexibility index (Phi) is 5.80. The molecular formula is C25H24N4O2. The standard InChI is InChI=1S/C25H24N4O2/c1-17-27-23-10-5-4-9-22(23)24(28-17)29(3)20-7-6-8-21(15-20)31-16-18-11-13-19(14-12-18)25(30)26-2/h4-15H,16H2,1-3H3,(H,26,30). The van der Waals surface area contributed by atoms with Crippen LogP contribution in [0.2, 0.25) is 0 Å². The van der Waals surface area contributed by atoms with Gasteiger partial charge in [-0.05, 0) is 48.9 Å². The van der Waals surface area contributed by atoms with Gasteiger partial charge in [-0.25, -0.2) is 9.97 Å². The largest absolute Gasteiger partial charge is 0.489 e. The third-order valence-corrected chi connectivity index (χ3v) is 5.07. The van der Waals surface area contributed by atoms with E-state index in [-0.39, 0.29) is 5.91 Å². The molecule has 4 aromatic rings. The highest BCUT2D eigenvalue weighted by molar-refractivity contribution is 5.94. The fourth-order valence-corrected chi connectivity index (χ4v) is 3.40. The number of carbonyl (C=O) groups excluding carboxylic acids is 1. The first-order valence-corrected chi connectivity index (χ1v) is 10.1. The molecule has 0 aliphatic carbocycles. The molecule has 156 valence electrons. The summed E-state index contributed by atoms with van der Waals surface area (Å²) in [7, 11) is 3.61. The van der Waals surface area contributed by atoms with Crippen molar-refractivity contribution >= 4 is 28.3 Å². The van der Waals surface area contributed by atoms with Crippen LogP contribution in [0.5, 0.6) is 5.75 Å². The number of rotatable bonds is 6. The third-order valence-electron chi connectivity index (χ3n) is 5.07. The summed E-state index contributed by atoms with van der Waals surface area (Å²) in [5, 5.41) is 3.62. The normalized spacial score (nSPS) is 10.7. The lowest BCUT2D eigenvalue weighted by molar-refractivity contribution is 0.0963. The van der Waals surface area contributed by atoms with Gasteiger partial charge in [0.05, 0.1) is 5.52 Å². The fraction of sp³-hybridized carbons (Fsp3) is 0.160. The first-order chi connectivity index (χ1) is 15.0. The third kappa shape index (κ3) is 4.48. The molecule has 0 radical (unpaired) electrons. The highest BCUT2D eigenvalue weighted by atomic mass is 16.5. The number of amides is 1. The van der Waals surface area contributed by atoms with Crippen molar-refractivity contribution < 1.29 is 9.53 Å². The maximum atomic E-state index is 11.7.